The fraction of sp³-hybridized carbons (Fsp3) is 0.500. The van der Waals surface area contributed by atoms with Gasteiger partial charge >= 0.3 is 6.18 Å². The number of aliphatic hydroxyl groups is 1. The molecule has 0 radical (unpaired) electrons. The van der Waals surface area contributed by atoms with E-state index in [1.54, 1.807) is 26.0 Å². The number of fused-ring (bicyclic) bond motifs is 1. The van der Waals surface area contributed by atoms with Gasteiger partial charge in [-0.1, -0.05) is 20.8 Å². The van der Waals surface area contributed by atoms with Gasteiger partial charge in [0.05, 0.1) is 17.1 Å². The molecule has 3 rings (SSSR count). The summed E-state index contributed by atoms with van der Waals surface area (Å²) < 4.78 is 39.9. The Bertz CT molecular complexity index is 869. The SMILES string of the molecule is CC(C)C(O)C(=O)N[C@H]1CN(c2ccc(C(F)(F)F)c3ncccc23)C[C@H]1C. The molecule has 152 valence electrons. The average molecular weight is 395 g/mol. The third-order valence-electron chi connectivity index (χ3n) is 5.23. The zero-order valence-corrected chi connectivity index (χ0v) is 16.0. The standard InChI is InChI=1S/C20H24F3N3O2/c1-11(2)18(27)19(28)25-15-10-26(9-12(15)3)16-7-6-14(20(21,22)23)17-13(16)5-4-8-24-17/h4-8,11-12,15,18,27H,9-10H2,1-3H3,(H,25,28)/t12-,15+,18?/m1/s1. The summed E-state index contributed by atoms with van der Waals surface area (Å²) >= 11 is 0. The molecule has 1 aliphatic heterocycles. The van der Waals surface area contributed by atoms with Crippen LogP contribution in [-0.2, 0) is 11.0 Å². The number of halogens is 3. The first-order valence-corrected chi connectivity index (χ1v) is 9.28. The number of carbonyl (C=O) groups is 1. The van der Waals surface area contributed by atoms with Crippen LogP contribution >= 0.6 is 0 Å². The van der Waals surface area contributed by atoms with E-state index in [0.717, 1.165) is 6.07 Å². The Morgan fingerprint density at radius 1 is 1.29 bits per heavy atom. The topological polar surface area (TPSA) is 65.5 Å². The molecule has 1 unspecified atom stereocenters. The lowest BCUT2D eigenvalue weighted by atomic mass is 10.0. The fourth-order valence-electron chi connectivity index (χ4n) is 3.58. The number of hydrogen-bond donors (Lipinski definition) is 2. The predicted octanol–water partition coefficient (Wildman–Crippen LogP) is 3.21. The molecule has 2 heterocycles. The van der Waals surface area contributed by atoms with Gasteiger partial charge in [-0.2, -0.15) is 13.2 Å². The van der Waals surface area contributed by atoms with Crippen LogP contribution in [0.25, 0.3) is 10.9 Å². The molecule has 1 fully saturated rings. The van der Waals surface area contributed by atoms with Crippen LogP contribution in [0.4, 0.5) is 18.9 Å². The molecule has 3 atom stereocenters. The minimum absolute atomic E-state index is 0.0807. The quantitative estimate of drug-likeness (QED) is 0.835. The van der Waals surface area contributed by atoms with Crippen molar-refractivity contribution in [1.82, 2.24) is 10.3 Å². The zero-order chi connectivity index (χ0) is 20.6. The largest absolute Gasteiger partial charge is 0.418 e. The molecule has 1 aliphatic rings. The Hall–Kier alpha value is -2.35. The van der Waals surface area contributed by atoms with Gasteiger partial charge in [-0.05, 0) is 36.1 Å². The summed E-state index contributed by atoms with van der Waals surface area (Å²) in [5, 5.41) is 13.2. The number of aromatic nitrogens is 1. The van der Waals surface area contributed by atoms with Crippen molar-refractivity contribution in [3.63, 3.8) is 0 Å². The molecule has 0 aliphatic carbocycles. The van der Waals surface area contributed by atoms with E-state index >= 15 is 0 Å². The van der Waals surface area contributed by atoms with E-state index in [1.807, 2.05) is 11.8 Å². The summed E-state index contributed by atoms with van der Waals surface area (Å²) in [7, 11) is 0. The molecule has 1 aromatic heterocycles. The Balaban J connectivity index is 1.87. The smallest absolute Gasteiger partial charge is 0.383 e. The van der Waals surface area contributed by atoms with Crippen LogP contribution in [0.2, 0.25) is 0 Å². The van der Waals surface area contributed by atoms with Crippen molar-refractivity contribution in [2.24, 2.45) is 11.8 Å². The van der Waals surface area contributed by atoms with E-state index in [1.165, 1.54) is 12.3 Å². The lowest BCUT2D eigenvalue weighted by Crippen LogP contribution is -2.46. The third-order valence-corrected chi connectivity index (χ3v) is 5.23. The molecule has 2 aromatic rings. The molecule has 8 heteroatoms. The maximum Gasteiger partial charge on any atom is 0.418 e. The summed E-state index contributed by atoms with van der Waals surface area (Å²) in [6.45, 7) is 6.52. The number of hydrogen-bond acceptors (Lipinski definition) is 4. The number of nitrogens with one attached hydrogen (secondary N) is 1. The Labute approximate surface area is 161 Å². The van der Waals surface area contributed by atoms with Gasteiger partial charge in [0.15, 0.2) is 0 Å². The monoisotopic (exact) mass is 395 g/mol. The lowest BCUT2D eigenvalue weighted by Gasteiger charge is -2.23. The molecule has 0 spiro atoms. The molecule has 1 saturated heterocycles. The van der Waals surface area contributed by atoms with Crippen LogP contribution in [0.5, 0.6) is 0 Å². The number of pyridine rings is 1. The fourth-order valence-corrected chi connectivity index (χ4v) is 3.58. The van der Waals surface area contributed by atoms with Gasteiger partial charge in [0.1, 0.15) is 6.10 Å². The number of aliphatic hydroxyl groups excluding tert-OH is 1. The number of anilines is 1. The lowest BCUT2D eigenvalue weighted by molar-refractivity contribution is -0.136. The second kappa shape index (κ2) is 7.58. The minimum Gasteiger partial charge on any atom is -0.383 e. The van der Waals surface area contributed by atoms with Gasteiger partial charge in [0.2, 0.25) is 5.91 Å². The molecule has 1 aromatic carbocycles. The van der Waals surface area contributed by atoms with Gasteiger partial charge in [-0.3, -0.25) is 9.78 Å². The molecule has 2 N–H and O–H groups in total. The highest BCUT2D eigenvalue weighted by Crippen LogP contribution is 2.38. The van der Waals surface area contributed by atoms with Gasteiger partial charge in [-0.15, -0.1) is 0 Å². The van der Waals surface area contributed by atoms with Crippen LogP contribution < -0.4 is 10.2 Å². The third kappa shape index (κ3) is 3.92. The van der Waals surface area contributed by atoms with Gasteiger partial charge < -0.3 is 15.3 Å². The Morgan fingerprint density at radius 3 is 2.64 bits per heavy atom. The first-order valence-electron chi connectivity index (χ1n) is 9.28. The van der Waals surface area contributed by atoms with Crippen molar-refractivity contribution in [2.75, 3.05) is 18.0 Å². The molecule has 5 nitrogen and oxygen atoms in total. The molecular weight excluding hydrogens is 371 g/mol. The van der Waals surface area contributed by atoms with E-state index in [9.17, 15) is 23.1 Å². The van der Waals surface area contributed by atoms with Crippen molar-refractivity contribution in [1.29, 1.82) is 0 Å². The molecule has 0 saturated carbocycles. The van der Waals surface area contributed by atoms with E-state index in [4.69, 9.17) is 0 Å². The second-order valence-electron chi connectivity index (χ2n) is 7.72. The first-order chi connectivity index (χ1) is 13.1. The molecular formula is C20H24F3N3O2. The van der Waals surface area contributed by atoms with Crippen molar-refractivity contribution in [2.45, 2.75) is 39.1 Å². The minimum atomic E-state index is -4.48. The second-order valence-corrected chi connectivity index (χ2v) is 7.72. The van der Waals surface area contributed by atoms with E-state index in [2.05, 4.69) is 10.3 Å². The molecule has 1 amide bonds. The van der Waals surface area contributed by atoms with E-state index < -0.39 is 23.8 Å². The van der Waals surface area contributed by atoms with Crippen LogP contribution in [0.15, 0.2) is 30.5 Å². The Morgan fingerprint density at radius 2 is 2.00 bits per heavy atom. The number of carbonyl (C=O) groups excluding carboxylic acids is 1. The van der Waals surface area contributed by atoms with E-state index in [0.29, 0.717) is 24.2 Å². The van der Waals surface area contributed by atoms with Crippen molar-refractivity contribution >= 4 is 22.5 Å². The van der Waals surface area contributed by atoms with Crippen molar-refractivity contribution < 1.29 is 23.1 Å². The van der Waals surface area contributed by atoms with Crippen molar-refractivity contribution in [3.05, 3.63) is 36.0 Å². The van der Waals surface area contributed by atoms with Crippen molar-refractivity contribution in [3.8, 4) is 0 Å². The van der Waals surface area contributed by atoms with Crippen LogP contribution in [0.3, 0.4) is 0 Å². The van der Waals surface area contributed by atoms with Gasteiger partial charge in [-0.25, -0.2) is 0 Å². The average Bonchev–Trinajstić information content (AvgIpc) is 2.99. The first kappa shape index (κ1) is 20.4. The summed E-state index contributed by atoms with van der Waals surface area (Å²) in [5.41, 5.74) is -0.184. The van der Waals surface area contributed by atoms with Gasteiger partial charge in [0, 0.05) is 30.4 Å². The normalized spacial score (nSPS) is 21.4. The van der Waals surface area contributed by atoms with Crippen LogP contribution in [0.1, 0.15) is 26.3 Å². The van der Waals surface area contributed by atoms with E-state index in [-0.39, 0.29) is 23.4 Å². The number of alkyl halides is 3. The number of benzene rings is 1. The summed E-state index contributed by atoms with van der Waals surface area (Å²) in [6, 6.07) is 5.57. The van der Waals surface area contributed by atoms with Crippen LogP contribution in [-0.4, -0.2) is 41.2 Å². The highest BCUT2D eigenvalue weighted by Gasteiger charge is 2.36. The number of rotatable bonds is 4. The molecule has 28 heavy (non-hydrogen) atoms. The summed E-state index contributed by atoms with van der Waals surface area (Å²) in [5.74, 6) is -0.539. The summed E-state index contributed by atoms with van der Waals surface area (Å²) in [4.78, 5) is 18.1. The van der Waals surface area contributed by atoms with Crippen LogP contribution in [0, 0.1) is 11.8 Å². The Kier molecular flexibility index (Phi) is 5.52. The predicted molar refractivity (Wildman–Crippen MR) is 101 cm³/mol. The molecule has 0 bridgehead atoms. The summed E-state index contributed by atoms with van der Waals surface area (Å²) in [6.07, 6.45) is -4.21. The maximum atomic E-state index is 13.3. The number of nitrogens with zero attached hydrogens (tertiary/aromatic N) is 2. The van der Waals surface area contributed by atoms with Gasteiger partial charge in [0.25, 0.3) is 0 Å². The highest BCUT2D eigenvalue weighted by molar-refractivity contribution is 5.94. The highest BCUT2D eigenvalue weighted by atomic mass is 19.4. The maximum absolute atomic E-state index is 13.3. The zero-order valence-electron chi connectivity index (χ0n) is 16.0. The number of amides is 1.